The predicted octanol–water partition coefficient (Wildman–Crippen LogP) is 2.90. The van der Waals surface area contributed by atoms with E-state index < -0.39 is 9.84 Å². The van der Waals surface area contributed by atoms with Crippen LogP contribution in [0.15, 0.2) is 53.4 Å². The normalized spacial score (nSPS) is 18.4. The summed E-state index contributed by atoms with van der Waals surface area (Å²) >= 11 is 1.48. The van der Waals surface area contributed by atoms with E-state index in [1.165, 1.54) is 11.8 Å². The Balaban J connectivity index is 1.67. The molecule has 2 aromatic carbocycles. The SMILES string of the molecule is COc1cccc(CNC(=O)c2ccccc2S[C@H]2CCS(=O)(=O)C2)c1. The molecule has 0 bridgehead atoms. The van der Waals surface area contributed by atoms with Gasteiger partial charge in [-0.2, -0.15) is 0 Å². The van der Waals surface area contributed by atoms with E-state index in [0.717, 1.165) is 16.2 Å². The van der Waals surface area contributed by atoms with Gasteiger partial charge in [-0.05, 0) is 36.2 Å². The fourth-order valence-corrected chi connectivity index (χ4v) is 6.48. The quantitative estimate of drug-likeness (QED) is 0.820. The summed E-state index contributed by atoms with van der Waals surface area (Å²) in [5, 5.41) is 2.93. The summed E-state index contributed by atoms with van der Waals surface area (Å²) in [5.41, 5.74) is 1.52. The summed E-state index contributed by atoms with van der Waals surface area (Å²) in [4.78, 5) is 13.4. The molecule has 1 N–H and O–H groups in total. The number of methoxy groups -OCH3 is 1. The van der Waals surface area contributed by atoms with Crippen LogP contribution in [-0.4, -0.2) is 38.2 Å². The van der Waals surface area contributed by atoms with E-state index in [4.69, 9.17) is 4.74 Å². The highest BCUT2D eigenvalue weighted by molar-refractivity contribution is 8.02. The van der Waals surface area contributed by atoms with Crippen molar-refractivity contribution in [2.45, 2.75) is 23.1 Å². The van der Waals surface area contributed by atoms with Crippen molar-refractivity contribution < 1.29 is 17.9 Å². The van der Waals surface area contributed by atoms with E-state index in [1.54, 1.807) is 13.2 Å². The summed E-state index contributed by atoms with van der Waals surface area (Å²) in [5.74, 6) is 0.985. The molecule has 1 aliphatic heterocycles. The summed E-state index contributed by atoms with van der Waals surface area (Å²) in [6.45, 7) is 0.396. The highest BCUT2D eigenvalue weighted by Gasteiger charge is 2.29. The highest BCUT2D eigenvalue weighted by atomic mass is 32.2. The minimum Gasteiger partial charge on any atom is -0.497 e. The summed E-state index contributed by atoms with van der Waals surface area (Å²) < 4.78 is 28.5. The van der Waals surface area contributed by atoms with Crippen molar-refractivity contribution in [3.05, 3.63) is 59.7 Å². The van der Waals surface area contributed by atoms with Crippen LogP contribution in [0, 0.1) is 0 Å². The average molecular weight is 392 g/mol. The molecule has 1 aliphatic rings. The van der Waals surface area contributed by atoms with Gasteiger partial charge in [-0.1, -0.05) is 24.3 Å². The second kappa shape index (κ2) is 8.14. The molecule has 0 unspecified atom stereocenters. The molecule has 3 rings (SSSR count). The van der Waals surface area contributed by atoms with Crippen LogP contribution in [0.3, 0.4) is 0 Å². The first-order valence-corrected chi connectivity index (χ1v) is 11.0. The van der Waals surface area contributed by atoms with Crippen molar-refractivity contribution in [1.82, 2.24) is 5.32 Å². The number of thioether (sulfide) groups is 1. The standard InChI is InChI=1S/C19H21NO4S2/c1-24-15-6-4-5-14(11-15)12-20-19(21)17-7-2-3-8-18(17)25-16-9-10-26(22,23)13-16/h2-8,11,16H,9-10,12-13H2,1H3,(H,20,21)/t16-/m0/s1. The van der Waals surface area contributed by atoms with Gasteiger partial charge >= 0.3 is 0 Å². The van der Waals surface area contributed by atoms with Gasteiger partial charge in [0, 0.05) is 16.7 Å². The van der Waals surface area contributed by atoms with E-state index in [0.29, 0.717) is 18.5 Å². The summed E-state index contributed by atoms with van der Waals surface area (Å²) in [6, 6.07) is 14.9. The van der Waals surface area contributed by atoms with Crippen LogP contribution in [-0.2, 0) is 16.4 Å². The molecule has 138 valence electrons. The highest BCUT2D eigenvalue weighted by Crippen LogP contribution is 2.33. The molecule has 1 saturated heterocycles. The first-order chi connectivity index (χ1) is 12.5. The van der Waals surface area contributed by atoms with Gasteiger partial charge in [0.25, 0.3) is 5.91 Å². The van der Waals surface area contributed by atoms with Gasteiger partial charge in [0.1, 0.15) is 5.75 Å². The second-order valence-corrected chi connectivity index (χ2v) is 9.74. The molecule has 1 fully saturated rings. The lowest BCUT2D eigenvalue weighted by molar-refractivity contribution is 0.0948. The third-order valence-corrected chi connectivity index (χ3v) is 7.53. The van der Waals surface area contributed by atoms with Gasteiger partial charge in [-0.25, -0.2) is 8.42 Å². The van der Waals surface area contributed by atoms with E-state index in [2.05, 4.69) is 5.32 Å². The smallest absolute Gasteiger partial charge is 0.252 e. The lowest BCUT2D eigenvalue weighted by Crippen LogP contribution is -2.23. The van der Waals surface area contributed by atoms with Crippen molar-refractivity contribution in [1.29, 1.82) is 0 Å². The molecule has 0 saturated carbocycles. The zero-order valence-electron chi connectivity index (χ0n) is 14.5. The number of ether oxygens (including phenoxy) is 1. The Labute approximate surface area is 158 Å². The second-order valence-electron chi connectivity index (χ2n) is 6.17. The van der Waals surface area contributed by atoms with Gasteiger partial charge in [0.05, 0.1) is 24.2 Å². The van der Waals surface area contributed by atoms with Crippen LogP contribution >= 0.6 is 11.8 Å². The van der Waals surface area contributed by atoms with Crippen molar-refractivity contribution in [2.75, 3.05) is 18.6 Å². The Bertz CT molecular complexity index is 896. The first kappa shape index (κ1) is 18.8. The third kappa shape index (κ3) is 4.80. The van der Waals surface area contributed by atoms with Gasteiger partial charge < -0.3 is 10.1 Å². The topological polar surface area (TPSA) is 72.5 Å². The molecule has 0 aliphatic carbocycles. The molecule has 0 spiro atoms. The van der Waals surface area contributed by atoms with Gasteiger partial charge in [-0.15, -0.1) is 11.8 Å². The van der Waals surface area contributed by atoms with Crippen LogP contribution in [0.2, 0.25) is 0 Å². The van der Waals surface area contributed by atoms with Gasteiger partial charge in [0.2, 0.25) is 0 Å². The number of benzene rings is 2. The van der Waals surface area contributed by atoms with E-state index in [1.807, 2.05) is 42.5 Å². The molecular formula is C19H21NO4S2. The maximum Gasteiger partial charge on any atom is 0.252 e. The van der Waals surface area contributed by atoms with Crippen LogP contribution < -0.4 is 10.1 Å². The minimum absolute atomic E-state index is 0.00679. The van der Waals surface area contributed by atoms with Crippen molar-refractivity contribution in [3.8, 4) is 5.75 Å². The number of hydrogen-bond acceptors (Lipinski definition) is 5. The van der Waals surface area contributed by atoms with Crippen molar-refractivity contribution in [2.24, 2.45) is 0 Å². The number of rotatable bonds is 6. The molecule has 0 aromatic heterocycles. The fourth-order valence-electron chi connectivity index (χ4n) is 2.85. The molecule has 26 heavy (non-hydrogen) atoms. The number of hydrogen-bond donors (Lipinski definition) is 1. The first-order valence-electron chi connectivity index (χ1n) is 8.34. The number of carbonyl (C=O) groups is 1. The lowest BCUT2D eigenvalue weighted by Gasteiger charge is -2.13. The number of nitrogens with one attached hydrogen (secondary N) is 1. The zero-order chi connectivity index (χ0) is 18.6. The molecule has 1 heterocycles. The summed E-state index contributed by atoms with van der Waals surface area (Å²) in [6.07, 6.45) is 0.632. The Hall–Kier alpha value is -1.99. The maximum absolute atomic E-state index is 12.6. The van der Waals surface area contributed by atoms with Crippen LogP contribution in [0.25, 0.3) is 0 Å². The Morgan fingerprint density at radius 1 is 1.23 bits per heavy atom. The lowest BCUT2D eigenvalue weighted by atomic mass is 10.2. The molecular weight excluding hydrogens is 370 g/mol. The van der Waals surface area contributed by atoms with Gasteiger partial charge in [0.15, 0.2) is 9.84 Å². The Kier molecular flexibility index (Phi) is 5.88. The monoisotopic (exact) mass is 391 g/mol. The number of sulfone groups is 1. The zero-order valence-corrected chi connectivity index (χ0v) is 16.1. The number of amides is 1. The third-order valence-electron chi connectivity index (χ3n) is 4.20. The molecule has 1 atom stereocenters. The predicted molar refractivity (Wildman–Crippen MR) is 104 cm³/mol. The largest absolute Gasteiger partial charge is 0.497 e. The van der Waals surface area contributed by atoms with E-state index >= 15 is 0 Å². The van der Waals surface area contributed by atoms with Crippen LogP contribution in [0.1, 0.15) is 22.3 Å². The Morgan fingerprint density at radius 3 is 2.77 bits per heavy atom. The molecule has 0 radical (unpaired) electrons. The van der Waals surface area contributed by atoms with E-state index in [-0.39, 0.29) is 22.7 Å². The Morgan fingerprint density at radius 2 is 2.04 bits per heavy atom. The molecule has 7 heteroatoms. The van der Waals surface area contributed by atoms with Crippen molar-refractivity contribution >= 4 is 27.5 Å². The number of carbonyl (C=O) groups excluding carboxylic acids is 1. The van der Waals surface area contributed by atoms with Crippen molar-refractivity contribution in [3.63, 3.8) is 0 Å². The molecule has 2 aromatic rings. The average Bonchev–Trinajstić information content (AvgIpc) is 2.98. The van der Waals surface area contributed by atoms with E-state index in [9.17, 15) is 13.2 Å². The van der Waals surface area contributed by atoms with Crippen LogP contribution in [0.4, 0.5) is 0 Å². The maximum atomic E-state index is 12.6. The minimum atomic E-state index is -2.93. The molecule has 1 amide bonds. The van der Waals surface area contributed by atoms with Gasteiger partial charge in [-0.3, -0.25) is 4.79 Å². The summed E-state index contributed by atoms with van der Waals surface area (Å²) in [7, 11) is -1.33. The van der Waals surface area contributed by atoms with Crippen LogP contribution in [0.5, 0.6) is 5.75 Å². The fraction of sp³-hybridized carbons (Fsp3) is 0.316. The molecule has 5 nitrogen and oxygen atoms in total.